The van der Waals surface area contributed by atoms with Crippen LogP contribution in [0, 0.1) is 12.8 Å². The molecule has 4 heteroatoms. The summed E-state index contributed by atoms with van der Waals surface area (Å²) in [5, 5.41) is 3.10. The van der Waals surface area contributed by atoms with Gasteiger partial charge in [0.2, 0.25) is 0 Å². The second kappa shape index (κ2) is 7.67. The molecule has 1 aromatic carbocycles. The standard InChI is InChI=1S/C15H25N3O/c1-5-19-14-7-6-13(8-12(14)4)10-18-15(16)17-9-11(2)3/h6-8,11H,5,9-10H2,1-4H3,(H3,16,17,18). The van der Waals surface area contributed by atoms with E-state index in [1.165, 1.54) is 0 Å². The normalized spacial score (nSPS) is 11.7. The van der Waals surface area contributed by atoms with Crippen LogP contribution in [0.4, 0.5) is 0 Å². The van der Waals surface area contributed by atoms with E-state index in [4.69, 9.17) is 10.5 Å². The van der Waals surface area contributed by atoms with Crippen LogP contribution in [0.5, 0.6) is 5.75 Å². The van der Waals surface area contributed by atoms with Crippen LogP contribution in [-0.4, -0.2) is 19.1 Å². The average molecular weight is 263 g/mol. The quantitative estimate of drug-likeness (QED) is 0.612. The number of hydrogen-bond donors (Lipinski definition) is 2. The van der Waals surface area contributed by atoms with Crippen LogP contribution >= 0.6 is 0 Å². The second-order valence-electron chi connectivity index (χ2n) is 5.01. The van der Waals surface area contributed by atoms with E-state index in [0.717, 1.165) is 23.4 Å². The molecule has 0 radical (unpaired) electrons. The van der Waals surface area contributed by atoms with Gasteiger partial charge in [-0.1, -0.05) is 26.0 Å². The first kappa shape index (κ1) is 15.3. The second-order valence-corrected chi connectivity index (χ2v) is 5.01. The number of aryl methyl sites for hydroxylation is 1. The van der Waals surface area contributed by atoms with E-state index in [2.05, 4.69) is 30.2 Å². The van der Waals surface area contributed by atoms with Crippen LogP contribution in [0.3, 0.4) is 0 Å². The van der Waals surface area contributed by atoms with Gasteiger partial charge < -0.3 is 15.8 Å². The smallest absolute Gasteiger partial charge is 0.188 e. The fourth-order valence-electron chi connectivity index (χ4n) is 1.67. The molecule has 4 nitrogen and oxygen atoms in total. The summed E-state index contributed by atoms with van der Waals surface area (Å²) >= 11 is 0. The Kier molecular flexibility index (Phi) is 6.19. The molecular weight excluding hydrogens is 238 g/mol. The molecule has 0 saturated carbocycles. The third kappa shape index (κ3) is 5.64. The largest absolute Gasteiger partial charge is 0.494 e. The van der Waals surface area contributed by atoms with Crippen molar-refractivity contribution >= 4 is 5.96 Å². The Morgan fingerprint density at radius 1 is 1.42 bits per heavy atom. The van der Waals surface area contributed by atoms with Gasteiger partial charge in [-0.05, 0) is 37.0 Å². The summed E-state index contributed by atoms with van der Waals surface area (Å²) in [6, 6.07) is 6.10. The van der Waals surface area contributed by atoms with E-state index >= 15 is 0 Å². The van der Waals surface area contributed by atoms with Crippen molar-refractivity contribution in [3.05, 3.63) is 29.3 Å². The number of ether oxygens (including phenoxy) is 1. The molecule has 1 rings (SSSR count). The van der Waals surface area contributed by atoms with Crippen molar-refractivity contribution in [1.29, 1.82) is 0 Å². The molecule has 106 valence electrons. The topological polar surface area (TPSA) is 59.6 Å². The Labute approximate surface area is 116 Å². The maximum Gasteiger partial charge on any atom is 0.188 e. The Hall–Kier alpha value is -1.71. The lowest BCUT2D eigenvalue weighted by molar-refractivity contribution is 0.338. The predicted molar refractivity (Wildman–Crippen MR) is 80.5 cm³/mol. The van der Waals surface area contributed by atoms with Gasteiger partial charge in [-0.15, -0.1) is 0 Å². The third-order valence-corrected chi connectivity index (χ3v) is 2.66. The number of benzene rings is 1. The van der Waals surface area contributed by atoms with Crippen molar-refractivity contribution in [2.75, 3.05) is 13.2 Å². The minimum Gasteiger partial charge on any atom is -0.494 e. The summed E-state index contributed by atoms with van der Waals surface area (Å²) in [6.45, 7) is 10.4. The molecule has 0 saturated heterocycles. The summed E-state index contributed by atoms with van der Waals surface area (Å²) in [5.41, 5.74) is 8.06. The van der Waals surface area contributed by atoms with Crippen molar-refractivity contribution in [3.63, 3.8) is 0 Å². The molecular formula is C15H25N3O. The molecule has 0 bridgehead atoms. The lowest BCUT2D eigenvalue weighted by Gasteiger charge is -2.09. The van der Waals surface area contributed by atoms with Crippen molar-refractivity contribution in [2.45, 2.75) is 34.2 Å². The molecule has 0 aromatic heterocycles. The van der Waals surface area contributed by atoms with Gasteiger partial charge in [-0.2, -0.15) is 0 Å². The van der Waals surface area contributed by atoms with E-state index in [9.17, 15) is 0 Å². The molecule has 0 aliphatic carbocycles. The molecule has 3 N–H and O–H groups in total. The fourth-order valence-corrected chi connectivity index (χ4v) is 1.67. The average Bonchev–Trinajstić information content (AvgIpc) is 2.37. The molecule has 0 aliphatic rings. The molecule has 0 atom stereocenters. The van der Waals surface area contributed by atoms with Crippen molar-refractivity contribution in [1.82, 2.24) is 5.32 Å². The van der Waals surface area contributed by atoms with Crippen molar-refractivity contribution in [3.8, 4) is 5.75 Å². The van der Waals surface area contributed by atoms with Gasteiger partial charge in [-0.25, -0.2) is 4.99 Å². The molecule has 19 heavy (non-hydrogen) atoms. The zero-order chi connectivity index (χ0) is 14.3. The predicted octanol–water partition coefficient (Wildman–Crippen LogP) is 2.45. The first-order chi connectivity index (χ1) is 9.02. The maximum atomic E-state index is 5.80. The first-order valence-corrected chi connectivity index (χ1v) is 6.79. The van der Waals surface area contributed by atoms with Crippen LogP contribution in [0.2, 0.25) is 0 Å². The highest BCUT2D eigenvalue weighted by atomic mass is 16.5. The third-order valence-electron chi connectivity index (χ3n) is 2.66. The Morgan fingerprint density at radius 2 is 2.16 bits per heavy atom. The number of aliphatic imine (C=N–C) groups is 1. The van der Waals surface area contributed by atoms with Gasteiger partial charge in [-0.3, -0.25) is 0 Å². The Bertz CT molecular complexity index is 427. The Balaban J connectivity index is 2.57. The molecule has 0 aliphatic heterocycles. The lowest BCUT2D eigenvalue weighted by Crippen LogP contribution is -2.34. The molecule has 0 fully saturated rings. The minimum atomic E-state index is 0.500. The summed E-state index contributed by atoms with van der Waals surface area (Å²) in [7, 11) is 0. The van der Waals surface area contributed by atoms with E-state index in [1.807, 2.05) is 26.0 Å². The molecule has 0 amide bonds. The summed E-state index contributed by atoms with van der Waals surface area (Å²) in [4.78, 5) is 4.33. The highest BCUT2D eigenvalue weighted by Crippen LogP contribution is 2.19. The summed E-state index contributed by atoms with van der Waals surface area (Å²) in [6.07, 6.45) is 0. The van der Waals surface area contributed by atoms with Crippen LogP contribution in [0.25, 0.3) is 0 Å². The van der Waals surface area contributed by atoms with Gasteiger partial charge in [0, 0.05) is 6.54 Å². The number of nitrogens with two attached hydrogens (primary N) is 1. The minimum absolute atomic E-state index is 0.500. The number of rotatable bonds is 6. The number of nitrogens with one attached hydrogen (secondary N) is 1. The van der Waals surface area contributed by atoms with Gasteiger partial charge in [0.15, 0.2) is 5.96 Å². The van der Waals surface area contributed by atoms with Crippen LogP contribution in [0.15, 0.2) is 23.2 Å². The monoisotopic (exact) mass is 263 g/mol. The van der Waals surface area contributed by atoms with Gasteiger partial charge >= 0.3 is 0 Å². The van der Waals surface area contributed by atoms with Crippen molar-refractivity contribution < 1.29 is 4.74 Å². The number of nitrogens with zero attached hydrogens (tertiary/aromatic N) is 1. The van der Waals surface area contributed by atoms with E-state index < -0.39 is 0 Å². The number of hydrogen-bond acceptors (Lipinski definition) is 2. The molecule has 0 spiro atoms. The van der Waals surface area contributed by atoms with Crippen LogP contribution in [0.1, 0.15) is 31.9 Å². The zero-order valence-corrected chi connectivity index (χ0v) is 12.4. The van der Waals surface area contributed by atoms with Gasteiger partial charge in [0.1, 0.15) is 5.75 Å². The molecule has 0 heterocycles. The number of guanidine groups is 1. The fraction of sp³-hybridized carbons (Fsp3) is 0.533. The van der Waals surface area contributed by atoms with E-state index in [0.29, 0.717) is 25.0 Å². The highest BCUT2D eigenvalue weighted by Gasteiger charge is 2.01. The highest BCUT2D eigenvalue weighted by molar-refractivity contribution is 5.77. The SMILES string of the molecule is CCOc1ccc(CN=C(N)NCC(C)C)cc1C. The molecule has 1 aromatic rings. The summed E-state index contributed by atoms with van der Waals surface area (Å²) < 4.78 is 5.51. The Morgan fingerprint density at radius 3 is 2.74 bits per heavy atom. The summed E-state index contributed by atoms with van der Waals surface area (Å²) in [5.74, 6) is 1.99. The van der Waals surface area contributed by atoms with Crippen LogP contribution in [-0.2, 0) is 6.54 Å². The zero-order valence-electron chi connectivity index (χ0n) is 12.4. The van der Waals surface area contributed by atoms with Crippen LogP contribution < -0.4 is 15.8 Å². The molecule has 0 unspecified atom stereocenters. The lowest BCUT2D eigenvalue weighted by atomic mass is 10.1. The van der Waals surface area contributed by atoms with Crippen molar-refractivity contribution in [2.24, 2.45) is 16.6 Å². The van der Waals surface area contributed by atoms with E-state index in [-0.39, 0.29) is 0 Å². The van der Waals surface area contributed by atoms with E-state index in [1.54, 1.807) is 0 Å². The van der Waals surface area contributed by atoms with Gasteiger partial charge in [0.25, 0.3) is 0 Å². The first-order valence-electron chi connectivity index (χ1n) is 6.79. The maximum absolute atomic E-state index is 5.80. The van der Waals surface area contributed by atoms with Gasteiger partial charge in [0.05, 0.1) is 13.2 Å².